The lowest BCUT2D eigenvalue weighted by atomic mass is 9.97. The Balaban J connectivity index is 1.79. The Morgan fingerprint density at radius 3 is 2.86 bits per heavy atom. The molecule has 2 heterocycles. The maximum atomic E-state index is 5.64. The zero-order chi connectivity index (χ0) is 9.80. The highest BCUT2D eigenvalue weighted by Crippen LogP contribution is 2.17. The van der Waals surface area contributed by atoms with E-state index < -0.39 is 0 Å². The predicted molar refractivity (Wildman–Crippen MR) is 53.6 cm³/mol. The number of nitrogens with zero attached hydrogens (tertiary/aromatic N) is 2. The van der Waals surface area contributed by atoms with Crippen LogP contribution < -0.4 is 5.73 Å². The van der Waals surface area contributed by atoms with Crippen LogP contribution in [0.2, 0.25) is 0 Å². The third-order valence-electron chi connectivity index (χ3n) is 2.91. The first-order chi connectivity index (χ1) is 6.88. The van der Waals surface area contributed by atoms with E-state index in [0.29, 0.717) is 0 Å². The van der Waals surface area contributed by atoms with Gasteiger partial charge in [0.15, 0.2) is 6.39 Å². The number of rotatable bonds is 3. The highest BCUT2D eigenvalue weighted by atomic mass is 16.3. The second-order valence-electron chi connectivity index (χ2n) is 3.94. The van der Waals surface area contributed by atoms with E-state index in [2.05, 4.69) is 9.88 Å². The van der Waals surface area contributed by atoms with Gasteiger partial charge in [-0.05, 0) is 38.4 Å². The van der Waals surface area contributed by atoms with Gasteiger partial charge in [0.1, 0.15) is 6.26 Å². The smallest absolute Gasteiger partial charge is 0.180 e. The van der Waals surface area contributed by atoms with E-state index in [-0.39, 0.29) is 0 Å². The predicted octanol–water partition coefficient (Wildman–Crippen LogP) is 0.845. The zero-order valence-electron chi connectivity index (χ0n) is 8.35. The Bertz CT molecular complexity index is 252. The summed E-state index contributed by atoms with van der Waals surface area (Å²) in [4.78, 5) is 6.52. The van der Waals surface area contributed by atoms with Gasteiger partial charge in [-0.25, -0.2) is 4.98 Å². The number of piperidine rings is 1. The first-order valence-corrected chi connectivity index (χ1v) is 5.18. The minimum Gasteiger partial charge on any atom is -0.451 e. The van der Waals surface area contributed by atoms with Crippen molar-refractivity contribution >= 4 is 0 Å². The number of hydrogen-bond acceptors (Lipinski definition) is 4. The summed E-state index contributed by atoms with van der Waals surface area (Å²) in [6.45, 7) is 4.01. The molecule has 2 rings (SSSR count). The molecule has 0 amide bonds. The Morgan fingerprint density at radius 2 is 2.29 bits per heavy atom. The van der Waals surface area contributed by atoms with Gasteiger partial charge >= 0.3 is 0 Å². The van der Waals surface area contributed by atoms with E-state index in [1.807, 2.05) is 0 Å². The van der Waals surface area contributed by atoms with Crippen molar-refractivity contribution < 1.29 is 4.42 Å². The average Bonchev–Trinajstić information content (AvgIpc) is 2.72. The maximum absolute atomic E-state index is 5.64. The van der Waals surface area contributed by atoms with Crippen LogP contribution in [0.1, 0.15) is 18.5 Å². The van der Waals surface area contributed by atoms with Crippen LogP contribution in [0.4, 0.5) is 0 Å². The fraction of sp³-hybridized carbons (Fsp3) is 0.700. The Labute approximate surface area is 84.1 Å². The van der Waals surface area contributed by atoms with Crippen LogP contribution in [0.3, 0.4) is 0 Å². The summed E-state index contributed by atoms with van der Waals surface area (Å²) in [5, 5.41) is 0. The molecule has 0 aliphatic carbocycles. The Hall–Kier alpha value is -0.870. The largest absolute Gasteiger partial charge is 0.451 e. The molecular weight excluding hydrogens is 178 g/mol. The lowest BCUT2D eigenvalue weighted by Gasteiger charge is -2.30. The molecule has 78 valence electrons. The second-order valence-corrected chi connectivity index (χ2v) is 3.94. The molecule has 0 saturated carbocycles. The standard InChI is InChI=1S/C10H17N3O/c11-5-9-1-3-13(4-2-9)6-10-7-14-8-12-10/h7-9H,1-6,11H2. The lowest BCUT2D eigenvalue weighted by Crippen LogP contribution is -2.35. The van der Waals surface area contributed by atoms with E-state index in [9.17, 15) is 0 Å². The van der Waals surface area contributed by atoms with E-state index >= 15 is 0 Å². The number of hydrogen-bond donors (Lipinski definition) is 1. The van der Waals surface area contributed by atoms with Crippen molar-refractivity contribution in [2.24, 2.45) is 11.7 Å². The summed E-state index contributed by atoms with van der Waals surface area (Å²) in [5.74, 6) is 0.726. The topological polar surface area (TPSA) is 55.3 Å². The van der Waals surface area contributed by atoms with Crippen LogP contribution >= 0.6 is 0 Å². The van der Waals surface area contributed by atoms with Gasteiger partial charge in [0.05, 0.1) is 5.69 Å². The highest BCUT2D eigenvalue weighted by Gasteiger charge is 2.18. The quantitative estimate of drug-likeness (QED) is 0.776. The molecule has 1 saturated heterocycles. The van der Waals surface area contributed by atoms with Crippen molar-refractivity contribution in [3.63, 3.8) is 0 Å². The Kier molecular flexibility index (Phi) is 3.16. The van der Waals surface area contributed by atoms with Crippen molar-refractivity contribution in [2.45, 2.75) is 19.4 Å². The highest BCUT2D eigenvalue weighted by molar-refractivity contribution is 4.91. The molecule has 0 bridgehead atoms. The van der Waals surface area contributed by atoms with Gasteiger partial charge in [-0.15, -0.1) is 0 Å². The molecule has 14 heavy (non-hydrogen) atoms. The average molecular weight is 195 g/mol. The number of aromatic nitrogens is 1. The first-order valence-electron chi connectivity index (χ1n) is 5.18. The molecule has 0 spiro atoms. The van der Waals surface area contributed by atoms with Gasteiger partial charge in [0.2, 0.25) is 0 Å². The summed E-state index contributed by atoms with van der Waals surface area (Å²) in [6, 6.07) is 0. The van der Waals surface area contributed by atoms with E-state index in [1.54, 1.807) is 6.26 Å². The molecule has 1 aromatic rings. The molecule has 4 heteroatoms. The van der Waals surface area contributed by atoms with Gasteiger partial charge in [0, 0.05) is 6.54 Å². The van der Waals surface area contributed by atoms with E-state index in [0.717, 1.165) is 37.8 Å². The van der Waals surface area contributed by atoms with Crippen LogP contribution in [-0.4, -0.2) is 29.5 Å². The van der Waals surface area contributed by atoms with Gasteiger partial charge in [-0.3, -0.25) is 4.90 Å². The zero-order valence-corrected chi connectivity index (χ0v) is 8.35. The van der Waals surface area contributed by atoms with Crippen LogP contribution in [-0.2, 0) is 6.54 Å². The monoisotopic (exact) mass is 195 g/mol. The molecule has 4 nitrogen and oxygen atoms in total. The van der Waals surface area contributed by atoms with E-state index in [1.165, 1.54) is 19.2 Å². The van der Waals surface area contributed by atoms with Crippen molar-refractivity contribution in [1.82, 2.24) is 9.88 Å². The van der Waals surface area contributed by atoms with E-state index in [4.69, 9.17) is 10.2 Å². The lowest BCUT2D eigenvalue weighted by molar-refractivity contribution is 0.178. The maximum Gasteiger partial charge on any atom is 0.180 e. The third kappa shape index (κ3) is 2.33. The summed E-state index contributed by atoms with van der Waals surface area (Å²) >= 11 is 0. The molecule has 0 unspecified atom stereocenters. The summed E-state index contributed by atoms with van der Waals surface area (Å²) in [6.07, 6.45) is 5.64. The number of oxazole rings is 1. The minimum absolute atomic E-state index is 0.726. The van der Waals surface area contributed by atoms with Gasteiger partial charge in [-0.1, -0.05) is 0 Å². The number of likely N-dealkylation sites (tertiary alicyclic amines) is 1. The molecule has 1 aliphatic heterocycles. The van der Waals surface area contributed by atoms with Crippen LogP contribution in [0, 0.1) is 5.92 Å². The first kappa shape index (κ1) is 9.68. The molecule has 1 aliphatic rings. The second kappa shape index (κ2) is 4.57. The van der Waals surface area contributed by atoms with Crippen molar-refractivity contribution in [3.8, 4) is 0 Å². The minimum atomic E-state index is 0.726. The molecule has 1 aromatic heterocycles. The third-order valence-corrected chi connectivity index (χ3v) is 2.91. The molecule has 2 N–H and O–H groups in total. The molecule has 0 radical (unpaired) electrons. The van der Waals surface area contributed by atoms with Gasteiger partial charge in [-0.2, -0.15) is 0 Å². The number of nitrogens with two attached hydrogens (primary N) is 1. The Morgan fingerprint density at radius 1 is 1.50 bits per heavy atom. The SMILES string of the molecule is NCC1CCN(Cc2cocn2)CC1. The van der Waals surface area contributed by atoms with Crippen LogP contribution in [0.25, 0.3) is 0 Å². The van der Waals surface area contributed by atoms with Crippen LogP contribution in [0.15, 0.2) is 17.1 Å². The van der Waals surface area contributed by atoms with Crippen molar-refractivity contribution in [3.05, 3.63) is 18.4 Å². The molecule has 0 aromatic carbocycles. The summed E-state index contributed by atoms with van der Waals surface area (Å²) in [7, 11) is 0. The molecule has 1 fully saturated rings. The summed E-state index contributed by atoms with van der Waals surface area (Å²) in [5.41, 5.74) is 6.66. The molecular formula is C10H17N3O. The van der Waals surface area contributed by atoms with Crippen molar-refractivity contribution in [1.29, 1.82) is 0 Å². The summed E-state index contributed by atoms with van der Waals surface area (Å²) < 4.78 is 4.94. The molecule has 0 atom stereocenters. The van der Waals surface area contributed by atoms with Crippen LogP contribution in [0.5, 0.6) is 0 Å². The fourth-order valence-corrected chi connectivity index (χ4v) is 1.92. The van der Waals surface area contributed by atoms with Gasteiger partial charge < -0.3 is 10.2 Å². The fourth-order valence-electron chi connectivity index (χ4n) is 1.92. The van der Waals surface area contributed by atoms with Gasteiger partial charge in [0.25, 0.3) is 0 Å². The normalized spacial score (nSPS) is 20.1. The van der Waals surface area contributed by atoms with Crippen molar-refractivity contribution in [2.75, 3.05) is 19.6 Å².